The zero-order valence-corrected chi connectivity index (χ0v) is 15.8. The van der Waals surface area contributed by atoms with Crippen molar-refractivity contribution in [2.45, 2.75) is 19.8 Å². The molecule has 0 spiro atoms. The second-order valence-electron chi connectivity index (χ2n) is 6.65. The largest absolute Gasteiger partial charge is 0.494 e. The van der Waals surface area contributed by atoms with Gasteiger partial charge in [0.05, 0.1) is 13.0 Å². The SMILES string of the molecule is CCOc1ccc(CC(=O)N2CCCN(C(=O)c3ccccc3)CC2)cc1. The van der Waals surface area contributed by atoms with Crippen molar-refractivity contribution < 1.29 is 14.3 Å². The van der Waals surface area contributed by atoms with Gasteiger partial charge in [0.1, 0.15) is 5.75 Å². The Morgan fingerprint density at radius 3 is 2.26 bits per heavy atom. The van der Waals surface area contributed by atoms with E-state index in [0.717, 1.165) is 17.7 Å². The Kier molecular flexibility index (Phi) is 6.47. The molecule has 0 saturated carbocycles. The monoisotopic (exact) mass is 366 g/mol. The van der Waals surface area contributed by atoms with E-state index in [2.05, 4.69) is 0 Å². The summed E-state index contributed by atoms with van der Waals surface area (Å²) in [7, 11) is 0. The van der Waals surface area contributed by atoms with Crippen LogP contribution in [0.3, 0.4) is 0 Å². The molecule has 2 amide bonds. The molecule has 142 valence electrons. The van der Waals surface area contributed by atoms with Gasteiger partial charge in [-0.1, -0.05) is 30.3 Å². The fourth-order valence-electron chi connectivity index (χ4n) is 3.29. The first-order chi connectivity index (χ1) is 13.2. The molecule has 0 radical (unpaired) electrons. The average molecular weight is 366 g/mol. The summed E-state index contributed by atoms with van der Waals surface area (Å²) in [5, 5.41) is 0. The van der Waals surface area contributed by atoms with Crippen molar-refractivity contribution in [3.05, 3.63) is 65.7 Å². The quantitative estimate of drug-likeness (QED) is 0.817. The van der Waals surface area contributed by atoms with Crippen molar-refractivity contribution in [3.8, 4) is 5.75 Å². The first kappa shape index (κ1) is 19.0. The van der Waals surface area contributed by atoms with Crippen molar-refractivity contribution in [1.29, 1.82) is 0 Å². The van der Waals surface area contributed by atoms with E-state index in [1.54, 1.807) is 0 Å². The van der Waals surface area contributed by atoms with E-state index in [1.165, 1.54) is 0 Å². The summed E-state index contributed by atoms with van der Waals surface area (Å²) in [4.78, 5) is 29.0. The smallest absolute Gasteiger partial charge is 0.253 e. The summed E-state index contributed by atoms with van der Waals surface area (Å²) in [5.41, 5.74) is 1.68. The minimum atomic E-state index is 0.0383. The number of carbonyl (C=O) groups is 2. The Bertz CT molecular complexity index is 759. The first-order valence-corrected chi connectivity index (χ1v) is 9.51. The number of benzene rings is 2. The topological polar surface area (TPSA) is 49.9 Å². The number of ether oxygens (including phenoxy) is 1. The van der Waals surface area contributed by atoms with Gasteiger partial charge < -0.3 is 14.5 Å². The van der Waals surface area contributed by atoms with E-state index in [9.17, 15) is 9.59 Å². The average Bonchev–Trinajstić information content (AvgIpc) is 2.96. The molecule has 1 heterocycles. The van der Waals surface area contributed by atoms with Crippen molar-refractivity contribution in [1.82, 2.24) is 9.80 Å². The molecule has 0 bridgehead atoms. The highest BCUT2D eigenvalue weighted by atomic mass is 16.5. The molecule has 2 aromatic rings. The standard InChI is InChI=1S/C22H26N2O3/c1-2-27-20-11-9-18(10-12-20)17-21(25)23-13-6-14-24(16-15-23)22(26)19-7-4-3-5-8-19/h3-5,7-12H,2,6,13-17H2,1H3. The molecule has 0 N–H and O–H groups in total. The minimum Gasteiger partial charge on any atom is -0.494 e. The lowest BCUT2D eigenvalue weighted by Gasteiger charge is -2.22. The molecule has 0 aromatic heterocycles. The lowest BCUT2D eigenvalue weighted by molar-refractivity contribution is -0.130. The van der Waals surface area contributed by atoms with Crippen LogP contribution in [0.5, 0.6) is 5.75 Å². The molecule has 1 aliphatic rings. The molecule has 1 aliphatic heterocycles. The Labute approximate surface area is 160 Å². The Morgan fingerprint density at radius 1 is 0.889 bits per heavy atom. The summed E-state index contributed by atoms with van der Waals surface area (Å²) < 4.78 is 5.44. The molecule has 0 aliphatic carbocycles. The predicted octanol–water partition coefficient (Wildman–Crippen LogP) is 3.00. The zero-order valence-electron chi connectivity index (χ0n) is 15.8. The van der Waals surface area contributed by atoms with Gasteiger partial charge in [0, 0.05) is 31.7 Å². The molecular weight excluding hydrogens is 340 g/mol. The van der Waals surface area contributed by atoms with Crippen LogP contribution < -0.4 is 4.74 Å². The van der Waals surface area contributed by atoms with Crippen LogP contribution in [0.4, 0.5) is 0 Å². The lowest BCUT2D eigenvalue weighted by atomic mass is 10.1. The molecule has 27 heavy (non-hydrogen) atoms. The zero-order chi connectivity index (χ0) is 19.1. The van der Waals surface area contributed by atoms with Crippen molar-refractivity contribution >= 4 is 11.8 Å². The fraction of sp³-hybridized carbons (Fsp3) is 0.364. The van der Waals surface area contributed by atoms with Crippen LogP contribution in [-0.2, 0) is 11.2 Å². The molecule has 5 heteroatoms. The third kappa shape index (κ3) is 5.09. The number of amides is 2. The van der Waals surface area contributed by atoms with Crippen LogP contribution in [0.15, 0.2) is 54.6 Å². The van der Waals surface area contributed by atoms with Crippen molar-refractivity contribution in [2.24, 2.45) is 0 Å². The fourth-order valence-corrected chi connectivity index (χ4v) is 3.29. The van der Waals surface area contributed by atoms with E-state index >= 15 is 0 Å². The number of hydrogen-bond donors (Lipinski definition) is 0. The van der Waals surface area contributed by atoms with Crippen LogP contribution >= 0.6 is 0 Å². The van der Waals surface area contributed by atoms with Gasteiger partial charge in [-0.3, -0.25) is 9.59 Å². The molecular formula is C22H26N2O3. The predicted molar refractivity (Wildman–Crippen MR) is 105 cm³/mol. The minimum absolute atomic E-state index is 0.0383. The van der Waals surface area contributed by atoms with Gasteiger partial charge in [-0.2, -0.15) is 0 Å². The van der Waals surface area contributed by atoms with Gasteiger partial charge in [0.15, 0.2) is 0 Å². The van der Waals surface area contributed by atoms with Crippen molar-refractivity contribution in [3.63, 3.8) is 0 Å². The van der Waals surface area contributed by atoms with Gasteiger partial charge in [0.2, 0.25) is 5.91 Å². The second kappa shape index (κ2) is 9.21. The van der Waals surface area contributed by atoms with E-state index in [1.807, 2.05) is 71.3 Å². The maximum absolute atomic E-state index is 12.7. The van der Waals surface area contributed by atoms with Crippen LogP contribution in [0.1, 0.15) is 29.3 Å². The lowest BCUT2D eigenvalue weighted by Crippen LogP contribution is -2.38. The van der Waals surface area contributed by atoms with E-state index in [-0.39, 0.29) is 11.8 Å². The van der Waals surface area contributed by atoms with Crippen LogP contribution in [0, 0.1) is 0 Å². The second-order valence-corrected chi connectivity index (χ2v) is 6.65. The highest BCUT2D eigenvalue weighted by Gasteiger charge is 2.22. The van der Waals surface area contributed by atoms with E-state index in [0.29, 0.717) is 44.8 Å². The number of rotatable bonds is 5. The molecule has 2 aromatic carbocycles. The molecule has 1 fully saturated rings. The third-order valence-corrected chi connectivity index (χ3v) is 4.75. The maximum atomic E-state index is 12.7. The number of hydrogen-bond acceptors (Lipinski definition) is 3. The summed E-state index contributed by atoms with van der Waals surface area (Å²) in [6.45, 7) is 5.10. The Morgan fingerprint density at radius 2 is 1.56 bits per heavy atom. The summed E-state index contributed by atoms with van der Waals surface area (Å²) in [6, 6.07) is 17.0. The van der Waals surface area contributed by atoms with Crippen LogP contribution in [-0.4, -0.2) is 54.4 Å². The Hall–Kier alpha value is -2.82. The summed E-state index contributed by atoms with van der Waals surface area (Å²) in [6.07, 6.45) is 1.17. The van der Waals surface area contributed by atoms with Gasteiger partial charge in [0.25, 0.3) is 5.91 Å². The molecule has 3 rings (SSSR count). The summed E-state index contributed by atoms with van der Waals surface area (Å²) in [5.74, 6) is 0.961. The Balaban J connectivity index is 1.55. The van der Waals surface area contributed by atoms with Gasteiger partial charge >= 0.3 is 0 Å². The summed E-state index contributed by atoms with van der Waals surface area (Å²) >= 11 is 0. The van der Waals surface area contributed by atoms with Gasteiger partial charge in [-0.15, -0.1) is 0 Å². The van der Waals surface area contributed by atoms with Crippen LogP contribution in [0.2, 0.25) is 0 Å². The third-order valence-electron chi connectivity index (χ3n) is 4.75. The molecule has 5 nitrogen and oxygen atoms in total. The highest BCUT2D eigenvalue weighted by molar-refractivity contribution is 5.94. The highest BCUT2D eigenvalue weighted by Crippen LogP contribution is 2.14. The number of carbonyl (C=O) groups excluding carboxylic acids is 2. The molecule has 0 unspecified atom stereocenters. The maximum Gasteiger partial charge on any atom is 0.253 e. The van der Waals surface area contributed by atoms with Gasteiger partial charge in [-0.05, 0) is 43.2 Å². The normalized spacial score (nSPS) is 14.6. The molecule has 1 saturated heterocycles. The van der Waals surface area contributed by atoms with E-state index < -0.39 is 0 Å². The van der Waals surface area contributed by atoms with Gasteiger partial charge in [-0.25, -0.2) is 0 Å². The first-order valence-electron chi connectivity index (χ1n) is 9.51. The van der Waals surface area contributed by atoms with Crippen LogP contribution in [0.25, 0.3) is 0 Å². The number of nitrogens with zero attached hydrogens (tertiary/aromatic N) is 2. The van der Waals surface area contributed by atoms with E-state index in [4.69, 9.17) is 4.74 Å². The van der Waals surface area contributed by atoms with Crippen molar-refractivity contribution in [2.75, 3.05) is 32.8 Å². The molecule has 0 atom stereocenters.